The Labute approximate surface area is 161 Å². The molecule has 140 valence electrons. The monoisotopic (exact) mass is 402 g/mol. The molecule has 1 aromatic carbocycles. The predicted molar refractivity (Wildman–Crippen MR) is 103 cm³/mol. The second-order valence-corrected chi connectivity index (χ2v) is 9.00. The van der Waals surface area contributed by atoms with Crippen LogP contribution >= 0.6 is 11.3 Å². The maximum Gasteiger partial charge on any atom is 0.280 e. The SMILES string of the molecule is Cn1cnc(S(=O)(=O)Nc2ccc3c(c2)CN(C(=O)c2cccs2)CC3)c1. The van der Waals surface area contributed by atoms with Gasteiger partial charge in [0.1, 0.15) is 0 Å². The van der Waals surface area contributed by atoms with Crippen molar-refractivity contribution in [3.63, 3.8) is 0 Å². The molecule has 1 amide bonds. The van der Waals surface area contributed by atoms with Gasteiger partial charge in [0.05, 0.1) is 11.2 Å². The molecular weight excluding hydrogens is 384 g/mol. The number of benzene rings is 1. The molecule has 0 aliphatic carbocycles. The lowest BCUT2D eigenvalue weighted by molar-refractivity contribution is 0.0739. The molecule has 3 heterocycles. The van der Waals surface area contributed by atoms with Crippen LogP contribution in [0.2, 0.25) is 0 Å². The van der Waals surface area contributed by atoms with Crippen LogP contribution in [-0.2, 0) is 30.0 Å². The molecule has 2 aromatic heterocycles. The average Bonchev–Trinajstić information content (AvgIpc) is 3.32. The van der Waals surface area contributed by atoms with Crippen molar-refractivity contribution in [2.24, 2.45) is 7.05 Å². The van der Waals surface area contributed by atoms with Gasteiger partial charge in [0.25, 0.3) is 15.9 Å². The number of imidazole rings is 1. The maximum atomic E-state index is 12.6. The highest BCUT2D eigenvalue weighted by Gasteiger charge is 2.23. The van der Waals surface area contributed by atoms with Crippen molar-refractivity contribution in [1.82, 2.24) is 14.5 Å². The Morgan fingerprint density at radius 3 is 2.81 bits per heavy atom. The molecule has 0 fully saturated rings. The Kier molecular flexibility index (Phi) is 4.48. The van der Waals surface area contributed by atoms with Gasteiger partial charge in [-0.25, -0.2) is 4.98 Å². The highest BCUT2D eigenvalue weighted by Crippen LogP contribution is 2.26. The number of thiophene rings is 1. The zero-order chi connectivity index (χ0) is 19.0. The van der Waals surface area contributed by atoms with Gasteiger partial charge in [-0.3, -0.25) is 9.52 Å². The van der Waals surface area contributed by atoms with E-state index < -0.39 is 10.0 Å². The zero-order valence-electron chi connectivity index (χ0n) is 14.6. The molecule has 0 spiro atoms. The third-order valence-corrected chi connectivity index (χ3v) is 6.57. The van der Waals surface area contributed by atoms with Crippen LogP contribution in [0.15, 0.2) is 53.3 Å². The van der Waals surface area contributed by atoms with E-state index in [1.54, 1.807) is 28.6 Å². The maximum absolute atomic E-state index is 12.6. The number of nitrogens with one attached hydrogen (secondary N) is 1. The molecule has 1 N–H and O–H groups in total. The zero-order valence-corrected chi connectivity index (χ0v) is 16.3. The highest BCUT2D eigenvalue weighted by molar-refractivity contribution is 7.92. The molecule has 0 saturated carbocycles. The first-order chi connectivity index (χ1) is 12.9. The molecule has 3 aromatic rings. The minimum atomic E-state index is -3.75. The van der Waals surface area contributed by atoms with Crippen LogP contribution < -0.4 is 4.72 Å². The van der Waals surface area contributed by atoms with Crippen LogP contribution in [0.4, 0.5) is 5.69 Å². The summed E-state index contributed by atoms with van der Waals surface area (Å²) in [7, 11) is -2.03. The number of hydrogen-bond acceptors (Lipinski definition) is 5. The number of carbonyl (C=O) groups is 1. The van der Waals surface area contributed by atoms with E-state index >= 15 is 0 Å². The number of hydrogen-bond donors (Lipinski definition) is 1. The minimum absolute atomic E-state index is 0.00937. The van der Waals surface area contributed by atoms with Crippen molar-refractivity contribution in [1.29, 1.82) is 0 Å². The number of anilines is 1. The smallest absolute Gasteiger partial charge is 0.280 e. The van der Waals surface area contributed by atoms with Crippen molar-refractivity contribution in [3.8, 4) is 0 Å². The molecule has 27 heavy (non-hydrogen) atoms. The number of fused-ring (bicyclic) bond motifs is 1. The van der Waals surface area contributed by atoms with Crippen molar-refractivity contribution in [2.75, 3.05) is 11.3 Å². The van der Waals surface area contributed by atoms with Gasteiger partial charge in [-0.1, -0.05) is 12.1 Å². The summed E-state index contributed by atoms with van der Waals surface area (Å²) in [6.45, 7) is 1.12. The van der Waals surface area contributed by atoms with Crippen molar-refractivity contribution in [3.05, 3.63) is 64.2 Å². The van der Waals surface area contributed by atoms with E-state index in [9.17, 15) is 13.2 Å². The molecule has 4 rings (SSSR count). The fourth-order valence-corrected chi connectivity index (χ4v) is 4.81. The lowest BCUT2D eigenvalue weighted by Crippen LogP contribution is -2.35. The van der Waals surface area contributed by atoms with Crippen LogP contribution in [0.5, 0.6) is 0 Å². The van der Waals surface area contributed by atoms with E-state index in [-0.39, 0.29) is 10.9 Å². The fraction of sp³-hybridized carbons (Fsp3) is 0.222. The van der Waals surface area contributed by atoms with E-state index in [0.717, 1.165) is 17.5 Å². The summed E-state index contributed by atoms with van der Waals surface area (Å²) >= 11 is 1.42. The molecular formula is C18H18N4O3S2. The van der Waals surface area contributed by atoms with Gasteiger partial charge in [-0.05, 0) is 41.1 Å². The first-order valence-electron chi connectivity index (χ1n) is 8.38. The summed E-state index contributed by atoms with van der Waals surface area (Å²) in [6.07, 6.45) is 3.64. The van der Waals surface area contributed by atoms with E-state index in [2.05, 4.69) is 9.71 Å². The van der Waals surface area contributed by atoms with Gasteiger partial charge >= 0.3 is 0 Å². The van der Waals surface area contributed by atoms with Crippen LogP contribution in [0, 0.1) is 0 Å². The lowest BCUT2D eigenvalue weighted by atomic mass is 9.99. The molecule has 0 atom stereocenters. The number of rotatable bonds is 4. The van der Waals surface area contributed by atoms with Gasteiger partial charge in [0, 0.05) is 32.0 Å². The Bertz CT molecular complexity index is 1090. The van der Waals surface area contributed by atoms with Crippen LogP contribution in [0.25, 0.3) is 0 Å². The molecule has 9 heteroatoms. The lowest BCUT2D eigenvalue weighted by Gasteiger charge is -2.29. The predicted octanol–water partition coefficient (Wildman–Crippen LogP) is 2.48. The molecule has 0 radical (unpaired) electrons. The van der Waals surface area contributed by atoms with Crippen LogP contribution in [0.1, 0.15) is 20.8 Å². The largest absolute Gasteiger partial charge is 0.339 e. The molecule has 1 aliphatic heterocycles. The summed E-state index contributed by atoms with van der Waals surface area (Å²) in [5.74, 6) is 0.00937. The highest BCUT2D eigenvalue weighted by atomic mass is 32.2. The first kappa shape index (κ1) is 17.7. The summed E-state index contributed by atoms with van der Waals surface area (Å²) in [5, 5.41) is 1.85. The van der Waals surface area contributed by atoms with Crippen molar-refractivity contribution < 1.29 is 13.2 Å². The summed E-state index contributed by atoms with van der Waals surface area (Å²) in [5.41, 5.74) is 2.54. The molecule has 0 unspecified atom stereocenters. The van der Waals surface area contributed by atoms with Gasteiger partial charge in [0.15, 0.2) is 5.03 Å². The molecule has 0 bridgehead atoms. The van der Waals surface area contributed by atoms with Gasteiger partial charge in [-0.15, -0.1) is 11.3 Å². The second-order valence-electron chi connectivity index (χ2n) is 6.42. The number of aryl methyl sites for hydroxylation is 1. The van der Waals surface area contributed by atoms with Gasteiger partial charge in [-0.2, -0.15) is 8.42 Å². The Hall–Kier alpha value is -2.65. The van der Waals surface area contributed by atoms with Crippen LogP contribution in [-0.4, -0.2) is 35.3 Å². The quantitative estimate of drug-likeness (QED) is 0.727. The van der Waals surface area contributed by atoms with E-state index in [4.69, 9.17) is 0 Å². The standard InChI is InChI=1S/C18H18N4O3S2/c1-21-11-17(19-12-21)27(24,25)20-15-5-4-13-6-7-22(10-14(13)9-15)18(23)16-3-2-8-26-16/h2-5,8-9,11-12,20H,6-7,10H2,1H3. The fourth-order valence-electron chi connectivity index (χ4n) is 3.09. The third-order valence-electron chi connectivity index (χ3n) is 4.45. The van der Waals surface area contributed by atoms with Gasteiger partial charge < -0.3 is 9.47 Å². The Morgan fingerprint density at radius 2 is 2.11 bits per heavy atom. The average molecular weight is 403 g/mol. The number of amides is 1. The summed E-state index contributed by atoms with van der Waals surface area (Å²) in [6, 6.07) is 9.14. The Balaban J connectivity index is 1.55. The topological polar surface area (TPSA) is 84.3 Å². The summed E-state index contributed by atoms with van der Waals surface area (Å²) < 4.78 is 29.1. The number of sulfonamides is 1. The first-order valence-corrected chi connectivity index (χ1v) is 10.7. The summed E-state index contributed by atoms with van der Waals surface area (Å²) in [4.78, 5) is 19.0. The molecule has 1 aliphatic rings. The van der Waals surface area contributed by atoms with Crippen molar-refractivity contribution >= 4 is 33.0 Å². The van der Waals surface area contributed by atoms with Crippen LogP contribution in [0.3, 0.4) is 0 Å². The number of nitrogens with zero attached hydrogens (tertiary/aromatic N) is 3. The van der Waals surface area contributed by atoms with E-state index in [0.29, 0.717) is 23.7 Å². The van der Waals surface area contributed by atoms with E-state index in [1.165, 1.54) is 23.9 Å². The van der Waals surface area contributed by atoms with E-state index in [1.807, 2.05) is 23.6 Å². The minimum Gasteiger partial charge on any atom is -0.339 e. The third kappa shape index (κ3) is 3.60. The van der Waals surface area contributed by atoms with Crippen molar-refractivity contribution in [2.45, 2.75) is 18.0 Å². The Morgan fingerprint density at radius 1 is 1.26 bits per heavy atom. The second kappa shape index (κ2) is 6.82. The molecule has 0 saturated heterocycles. The normalized spacial score (nSPS) is 14.0. The number of aromatic nitrogens is 2. The van der Waals surface area contributed by atoms with Gasteiger partial charge in [0.2, 0.25) is 0 Å². The molecule has 7 nitrogen and oxygen atoms in total. The number of carbonyl (C=O) groups excluding carboxylic acids is 1.